The van der Waals surface area contributed by atoms with Crippen molar-refractivity contribution in [2.24, 2.45) is 0 Å². The number of carbonyl (C=O) groups is 1. The standard InChI is InChI=1S/C18H17ClN4O/c1-21-18(24)17-14-8-13(10-2-3-10)15(20)9-16(14)22-23(17)12-6-4-11(19)5-7-12/h4-10H,2-3,20H2,1H3,(H,21,24). The van der Waals surface area contributed by atoms with Crippen LogP contribution < -0.4 is 11.1 Å². The van der Waals surface area contributed by atoms with Gasteiger partial charge in [0, 0.05) is 23.1 Å². The molecule has 1 aromatic heterocycles. The highest BCUT2D eigenvalue weighted by Gasteiger charge is 2.28. The summed E-state index contributed by atoms with van der Waals surface area (Å²) in [7, 11) is 1.62. The number of aromatic nitrogens is 2. The number of carbonyl (C=O) groups excluding carboxylic acids is 1. The van der Waals surface area contributed by atoms with Gasteiger partial charge in [0.05, 0.1) is 11.2 Å². The minimum Gasteiger partial charge on any atom is -0.398 e. The van der Waals surface area contributed by atoms with E-state index in [1.54, 1.807) is 23.9 Å². The van der Waals surface area contributed by atoms with Crippen LogP contribution in [0.1, 0.15) is 34.8 Å². The fraction of sp³-hybridized carbons (Fsp3) is 0.222. The van der Waals surface area contributed by atoms with E-state index in [0.717, 1.165) is 35.2 Å². The first-order valence-electron chi connectivity index (χ1n) is 7.88. The smallest absolute Gasteiger partial charge is 0.270 e. The van der Waals surface area contributed by atoms with E-state index in [1.165, 1.54) is 0 Å². The van der Waals surface area contributed by atoms with E-state index in [9.17, 15) is 4.79 Å². The van der Waals surface area contributed by atoms with Gasteiger partial charge in [0.1, 0.15) is 5.69 Å². The van der Waals surface area contributed by atoms with Crippen molar-refractivity contribution in [1.82, 2.24) is 15.1 Å². The normalized spacial score (nSPS) is 14.1. The lowest BCUT2D eigenvalue weighted by molar-refractivity contribution is 0.0957. The molecule has 1 aliphatic carbocycles. The van der Waals surface area contributed by atoms with Crippen molar-refractivity contribution in [3.8, 4) is 5.69 Å². The quantitative estimate of drug-likeness (QED) is 0.717. The molecule has 0 radical (unpaired) electrons. The second-order valence-electron chi connectivity index (χ2n) is 6.09. The Labute approximate surface area is 144 Å². The van der Waals surface area contributed by atoms with Gasteiger partial charge in [-0.2, -0.15) is 5.10 Å². The zero-order valence-electron chi connectivity index (χ0n) is 13.2. The Morgan fingerprint density at radius 2 is 2.00 bits per heavy atom. The molecule has 122 valence electrons. The molecule has 4 rings (SSSR count). The number of hydrogen-bond acceptors (Lipinski definition) is 3. The number of fused-ring (bicyclic) bond motifs is 1. The maximum Gasteiger partial charge on any atom is 0.270 e. The molecular weight excluding hydrogens is 324 g/mol. The highest BCUT2D eigenvalue weighted by Crippen LogP contribution is 2.44. The molecule has 0 atom stereocenters. The van der Waals surface area contributed by atoms with Gasteiger partial charge < -0.3 is 11.1 Å². The number of rotatable bonds is 3. The second-order valence-corrected chi connectivity index (χ2v) is 6.52. The van der Waals surface area contributed by atoms with E-state index in [1.807, 2.05) is 24.3 Å². The summed E-state index contributed by atoms with van der Waals surface area (Å²) in [6, 6.07) is 11.1. The van der Waals surface area contributed by atoms with Crippen LogP contribution in [0.4, 0.5) is 5.69 Å². The van der Waals surface area contributed by atoms with Crippen LogP contribution >= 0.6 is 11.6 Å². The van der Waals surface area contributed by atoms with Gasteiger partial charge in [-0.25, -0.2) is 4.68 Å². The molecule has 0 aliphatic heterocycles. The summed E-state index contributed by atoms with van der Waals surface area (Å²) in [5.41, 5.74) is 10.0. The van der Waals surface area contributed by atoms with Gasteiger partial charge >= 0.3 is 0 Å². The van der Waals surface area contributed by atoms with Gasteiger partial charge in [-0.05, 0) is 60.7 Å². The predicted octanol–water partition coefficient (Wildman–Crippen LogP) is 3.50. The second kappa shape index (κ2) is 5.53. The third-order valence-corrected chi connectivity index (χ3v) is 4.66. The molecule has 1 heterocycles. The summed E-state index contributed by atoms with van der Waals surface area (Å²) in [5.74, 6) is 0.324. The fourth-order valence-corrected chi connectivity index (χ4v) is 3.15. The summed E-state index contributed by atoms with van der Waals surface area (Å²) < 4.78 is 1.65. The van der Waals surface area contributed by atoms with Crippen LogP contribution in [0.25, 0.3) is 16.6 Å². The minimum absolute atomic E-state index is 0.182. The number of benzene rings is 2. The lowest BCUT2D eigenvalue weighted by Gasteiger charge is -2.07. The monoisotopic (exact) mass is 340 g/mol. The Kier molecular flexibility index (Phi) is 3.46. The summed E-state index contributed by atoms with van der Waals surface area (Å²) in [6.07, 6.45) is 2.30. The van der Waals surface area contributed by atoms with E-state index < -0.39 is 0 Å². The average molecular weight is 341 g/mol. The van der Waals surface area contributed by atoms with Gasteiger partial charge in [-0.1, -0.05) is 11.6 Å². The molecule has 0 spiro atoms. The number of anilines is 1. The predicted molar refractivity (Wildman–Crippen MR) is 95.9 cm³/mol. The molecule has 1 saturated carbocycles. The van der Waals surface area contributed by atoms with Crippen molar-refractivity contribution in [2.75, 3.05) is 12.8 Å². The van der Waals surface area contributed by atoms with Crippen LogP contribution in [-0.2, 0) is 0 Å². The molecule has 0 saturated heterocycles. The molecule has 3 N–H and O–H groups in total. The molecule has 3 aromatic rings. The Hall–Kier alpha value is -2.53. The lowest BCUT2D eigenvalue weighted by Crippen LogP contribution is -2.21. The molecule has 0 bridgehead atoms. The van der Waals surface area contributed by atoms with E-state index >= 15 is 0 Å². The first kappa shape index (κ1) is 15.0. The highest BCUT2D eigenvalue weighted by atomic mass is 35.5. The number of nitrogens with two attached hydrogens (primary N) is 1. The van der Waals surface area contributed by atoms with Gasteiger partial charge in [-0.3, -0.25) is 4.79 Å². The van der Waals surface area contributed by atoms with E-state index in [4.69, 9.17) is 17.3 Å². The topological polar surface area (TPSA) is 72.9 Å². The molecule has 2 aromatic carbocycles. The summed E-state index contributed by atoms with van der Waals surface area (Å²) in [4.78, 5) is 12.5. The molecule has 6 heteroatoms. The van der Waals surface area contributed by atoms with E-state index in [2.05, 4.69) is 10.4 Å². The van der Waals surface area contributed by atoms with Crippen molar-refractivity contribution in [3.05, 3.63) is 52.7 Å². The highest BCUT2D eigenvalue weighted by molar-refractivity contribution is 6.30. The molecule has 5 nitrogen and oxygen atoms in total. The summed E-state index contributed by atoms with van der Waals surface area (Å²) in [5, 5.41) is 8.76. The molecule has 24 heavy (non-hydrogen) atoms. The number of halogens is 1. The van der Waals surface area contributed by atoms with Crippen LogP contribution in [-0.4, -0.2) is 22.7 Å². The van der Waals surface area contributed by atoms with Crippen LogP contribution in [0.5, 0.6) is 0 Å². The van der Waals surface area contributed by atoms with Crippen LogP contribution in [0.2, 0.25) is 5.02 Å². The minimum atomic E-state index is -0.182. The SMILES string of the molecule is CNC(=O)c1c2cc(C3CC3)c(N)cc2nn1-c1ccc(Cl)cc1. The van der Waals surface area contributed by atoms with Gasteiger partial charge in [0.2, 0.25) is 0 Å². The van der Waals surface area contributed by atoms with Gasteiger partial charge in [0.15, 0.2) is 0 Å². The first-order valence-corrected chi connectivity index (χ1v) is 8.26. The van der Waals surface area contributed by atoms with Crippen LogP contribution in [0.15, 0.2) is 36.4 Å². The molecule has 0 unspecified atom stereocenters. The summed E-state index contributed by atoms with van der Waals surface area (Å²) in [6.45, 7) is 0. The number of amides is 1. The number of nitrogens with one attached hydrogen (secondary N) is 1. The van der Waals surface area contributed by atoms with Crippen molar-refractivity contribution in [2.45, 2.75) is 18.8 Å². The zero-order valence-corrected chi connectivity index (χ0v) is 14.0. The largest absolute Gasteiger partial charge is 0.398 e. The maximum atomic E-state index is 12.5. The van der Waals surface area contributed by atoms with E-state index in [-0.39, 0.29) is 5.91 Å². The first-order chi connectivity index (χ1) is 11.6. The number of hydrogen-bond donors (Lipinski definition) is 2. The molecule has 1 fully saturated rings. The van der Waals surface area contributed by atoms with Crippen molar-refractivity contribution < 1.29 is 4.79 Å². The average Bonchev–Trinajstić information content (AvgIpc) is 3.35. The lowest BCUT2D eigenvalue weighted by atomic mass is 10.0. The maximum absolute atomic E-state index is 12.5. The zero-order chi connectivity index (χ0) is 16.8. The summed E-state index contributed by atoms with van der Waals surface area (Å²) >= 11 is 5.97. The van der Waals surface area contributed by atoms with E-state index in [0.29, 0.717) is 22.2 Å². The molecular formula is C18H17ClN4O. The van der Waals surface area contributed by atoms with Gasteiger partial charge in [-0.15, -0.1) is 0 Å². The Morgan fingerprint density at radius 1 is 1.29 bits per heavy atom. The Bertz CT molecular complexity index is 942. The third-order valence-electron chi connectivity index (χ3n) is 4.41. The van der Waals surface area contributed by atoms with Crippen molar-refractivity contribution in [3.63, 3.8) is 0 Å². The molecule has 1 aliphatic rings. The molecule has 1 amide bonds. The van der Waals surface area contributed by atoms with Crippen molar-refractivity contribution >= 4 is 34.1 Å². The Balaban J connectivity index is 1.98. The fourth-order valence-electron chi connectivity index (χ4n) is 3.02. The number of nitrogens with zero attached hydrogens (tertiary/aromatic N) is 2. The Morgan fingerprint density at radius 3 is 2.62 bits per heavy atom. The van der Waals surface area contributed by atoms with Gasteiger partial charge in [0.25, 0.3) is 5.91 Å². The number of nitrogen functional groups attached to an aromatic ring is 1. The van der Waals surface area contributed by atoms with Crippen LogP contribution in [0, 0.1) is 0 Å². The van der Waals surface area contributed by atoms with Crippen molar-refractivity contribution in [1.29, 1.82) is 0 Å². The van der Waals surface area contributed by atoms with Crippen LogP contribution in [0.3, 0.4) is 0 Å². The third kappa shape index (κ3) is 2.41.